The Hall–Kier alpha value is -1.91. The minimum Gasteiger partial charge on any atom is -0.348 e. The number of amides is 2. The third-order valence-corrected chi connectivity index (χ3v) is 3.35. The summed E-state index contributed by atoms with van der Waals surface area (Å²) < 4.78 is 13.0. The van der Waals surface area contributed by atoms with Gasteiger partial charge in [-0.05, 0) is 24.6 Å². The molecule has 1 aromatic rings. The fourth-order valence-electron chi connectivity index (χ4n) is 2.12. The monoisotopic (exact) mass is 308 g/mol. The Morgan fingerprint density at radius 3 is 2.36 bits per heavy atom. The molecule has 0 unspecified atom stereocenters. The van der Waals surface area contributed by atoms with Crippen molar-refractivity contribution in [3.05, 3.63) is 30.1 Å². The standard InChI is InChI=1S/C17H25FN2O2/c1-2-3-4-5-6-7-8-12-19-16(21)17(22)20-15-11-9-10-14(18)13-15/h9-11,13H,2-8,12H2,1H3,(H,19,21)(H,20,22). The van der Waals surface area contributed by atoms with E-state index in [4.69, 9.17) is 0 Å². The van der Waals surface area contributed by atoms with Gasteiger partial charge in [-0.3, -0.25) is 9.59 Å². The highest BCUT2D eigenvalue weighted by molar-refractivity contribution is 6.39. The lowest BCUT2D eigenvalue weighted by Crippen LogP contribution is -2.35. The van der Waals surface area contributed by atoms with Gasteiger partial charge >= 0.3 is 11.8 Å². The molecule has 0 aliphatic rings. The molecule has 0 aromatic heterocycles. The fourth-order valence-corrected chi connectivity index (χ4v) is 2.12. The van der Waals surface area contributed by atoms with Crippen LogP contribution in [-0.2, 0) is 9.59 Å². The SMILES string of the molecule is CCCCCCCCCNC(=O)C(=O)Nc1cccc(F)c1. The number of rotatable bonds is 9. The fraction of sp³-hybridized carbons (Fsp3) is 0.529. The van der Waals surface area contributed by atoms with Gasteiger partial charge in [0, 0.05) is 12.2 Å². The minimum atomic E-state index is -0.770. The summed E-state index contributed by atoms with van der Waals surface area (Å²) in [5.41, 5.74) is 0.274. The van der Waals surface area contributed by atoms with Crippen LogP contribution in [-0.4, -0.2) is 18.4 Å². The van der Waals surface area contributed by atoms with Crippen molar-refractivity contribution in [1.82, 2.24) is 5.32 Å². The molecule has 0 saturated carbocycles. The molecule has 1 aromatic carbocycles. The van der Waals surface area contributed by atoms with Crippen molar-refractivity contribution >= 4 is 17.5 Å². The number of nitrogens with one attached hydrogen (secondary N) is 2. The third kappa shape index (κ3) is 7.76. The maximum Gasteiger partial charge on any atom is 0.313 e. The van der Waals surface area contributed by atoms with E-state index < -0.39 is 17.6 Å². The number of benzene rings is 1. The first-order valence-corrected chi connectivity index (χ1v) is 7.98. The molecule has 0 saturated heterocycles. The summed E-state index contributed by atoms with van der Waals surface area (Å²) in [5, 5.41) is 4.94. The molecule has 0 fully saturated rings. The molecule has 2 N–H and O–H groups in total. The maximum absolute atomic E-state index is 13.0. The van der Waals surface area contributed by atoms with E-state index >= 15 is 0 Å². The third-order valence-electron chi connectivity index (χ3n) is 3.35. The van der Waals surface area contributed by atoms with Crippen molar-refractivity contribution in [1.29, 1.82) is 0 Å². The maximum atomic E-state index is 13.0. The number of hydrogen-bond acceptors (Lipinski definition) is 2. The van der Waals surface area contributed by atoms with Gasteiger partial charge < -0.3 is 10.6 Å². The van der Waals surface area contributed by atoms with Crippen LogP contribution in [0.3, 0.4) is 0 Å². The van der Waals surface area contributed by atoms with Gasteiger partial charge in [0.2, 0.25) is 0 Å². The van der Waals surface area contributed by atoms with E-state index in [2.05, 4.69) is 17.6 Å². The Morgan fingerprint density at radius 2 is 1.68 bits per heavy atom. The summed E-state index contributed by atoms with van der Waals surface area (Å²) in [6.45, 7) is 2.67. The molecule has 0 aliphatic carbocycles. The molecular formula is C17H25FN2O2. The van der Waals surface area contributed by atoms with E-state index in [-0.39, 0.29) is 5.69 Å². The second-order valence-electron chi connectivity index (χ2n) is 5.34. The first-order chi connectivity index (χ1) is 10.6. The predicted octanol–water partition coefficient (Wildman–Crippen LogP) is 3.63. The van der Waals surface area contributed by atoms with Crippen LogP contribution in [0.4, 0.5) is 10.1 Å². The van der Waals surface area contributed by atoms with Gasteiger partial charge in [0.25, 0.3) is 0 Å². The van der Waals surface area contributed by atoms with Crippen molar-refractivity contribution in [2.45, 2.75) is 51.9 Å². The van der Waals surface area contributed by atoms with E-state index in [9.17, 15) is 14.0 Å². The van der Waals surface area contributed by atoms with E-state index in [0.717, 1.165) is 19.3 Å². The van der Waals surface area contributed by atoms with E-state index in [1.807, 2.05) is 0 Å². The molecule has 0 heterocycles. The average Bonchev–Trinajstić information content (AvgIpc) is 2.49. The van der Waals surface area contributed by atoms with Crippen molar-refractivity contribution in [3.8, 4) is 0 Å². The Labute approximate surface area is 131 Å². The molecule has 122 valence electrons. The van der Waals surface area contributed by atoms with Crippen molar-refractivity contribution in [3.63, 3.8) is 0 Å². The first-order valence-electron chi connectivity index (χ1n) is 7.98. The molecule has 22 heavy (non-hydrogen) atoms. The quantitative estimate of drug-likeness (QED) is 0.540. The largest absolute Gasteiger partial charge is 0.348 e. The van der Waals surface area contributed by atoms with Crippen LogP contribution < -0.4 is 10.6 Å². The number of halogens is 1. The molecule has 1 rings (SSSR count). The number of carbonyl (C=O) groups is 2. The number of unbranched alkanes of at least 4 members (excludes halogenated alkanes) is 6. The molecule has 0 bridgehead atoms. The van der Waals surface area contributed by atoms with Gasteiger partial charge in [-0.2, -0.15) is 0 Å². The summed E-state index contributed by atoms with van der Waals surface area (Å²) in [6.07, 6.45) is 8.07. The van der Waals surface area contributed by atoms with Gasteiger partial charge in [0.1, 0.15) is 5.82 Å². The van der Waals surface area contributed by atoms with Crippen LogP contribution in [0.25, 0.3) is 0 Å². The van der Waals surface area contributed by atoms with Gasteiger partial charge in [0.15, 0.2) is 0 Å². The van der Waals surface area contributed by atoms with Gasteiger partial charge in [-0.15, -0.1) is 0 Å². The zero-order valence-corrected chi connectivity index (χ0v) is 13.2. The van der Waals surface area contributed by atoms with Crippen molar-refractivity contribution in [2.75, 3.05) is 11.9 Å². The van der Waals surface area contributed by atoms with E-state index in [0.29, 0.717) is 6.54 Å². The first kappa shape index (κ1) is 18.1. The molecule has 0 aliphatic heterocycles. The highest BCUT2D eigenvalue weighted by atomic mass is 19.1. The Kier molecular flexibility index (Phi) is 8.88. The average molecular weight is 308 g/mol. The van der Waals surface area contributed by atoms with E-state index in [1.165, 1.54) is 49.9 Å². The molecule has 4 nitrogen and oxygen atoms in total. The Bertz CT molecular complexity index is 477. The van der Waals surface area contributed by atoms with Crippen molar-refractivity contribution < 1.29 is 14.0 Å². The second kappa shape index (κ2) is 10.8. The summed E-state index contributed by atoms with van der Waals surface area (Å²) in [4.78, 5) is 23.2. The van der Waals surface area contributed by atoms with Gasteiger partial charge in [-0.1, -0.05) is 51.5 Å². The predicted molar refractivity (Wildman–Crippen MR) is 86.0 cm³/mol. The Morgan fingerprint density at radius 1 is 1.00 bits per heavy atom. The molecule has 2 amide bonds. The number of anilines is 1. The van der Waals surface area contributed by atoms with Gasteiger partial charge in [-0.25, -0.2) is 4.39 Å². The van der Waals surface area contributed by atoms with Crippen LogP contribution in [0.5, 0.6) is 0 Å². The van der Waals surface area contributed by atoms with Crippen LogP contribution in [0.1, 0.15) is 51.9 Å². The molecule has 5 heteroatoms. The van der Waals surface area contributed by atoms with Crippen LogP contribution >= 0.6 is 0 Å². The summed E-state index contributed by atoms with van der Waals surface area (Å²) >= 11 is 0. The minimum absolute atomic E-state index is 0.274. The molecule has 0 atom stereocenters. The molecule has 0 spiro atoms. The summed E-state index contributed by atoms with van der Waals surface area (Å²) in [5.74, 6) is -1.91. The highest BCUT2D eigenvalue weighted by Crippen LogP contribution is 2.09. The molecular weight excluding hydrogens is 283 g/mol. The van der Waals surface area contributed by atoms with Gasteiger partial charge in [0.05, 0.1) is 0 Å². The lowest BCUT2D eigenvalue weighted by Gasteiger charge is -2.06. The highest BCUT2D eigenvalue weighted by Gasteiger charge is 2.12. The second-order valence-corrected chi connectivity index (χ2v) is 5.34. The molecule has 0 radical (unpaired) electrons. The van der Waals surface area contributed by atoms with Crippen molar-refractivity contribution in [2.24, 2.45) is 0 Å². The lowest BCUT2D eigenvalue weighted by atomic mass is 10.1. The topological polar surface area (TPSA) is 58.2 Å². The lowest BCUT2D eigenvalue weighted by molar-refractivity contribution is -0.136. The number of carbonyl (C=O) groups excluding carboxylic acids is 2. The Balaban J connectivity index is 2.13. The summed E-state index contributed by atoms with van der Waals surface area (Å²) in [7, 11) is 0. The van der Waals surface area contributed by atoms with E-state index in [1.54, 1.807) is 0 Å². The number of hydrogen-bond donors (Lipinski definition) is 2. The van der Waals surface area contributed by atoms with Crippen LogP contribution in [0.2, 0.25) is 0 Å². The van der Waals surface area contributed by atoms with Crippen LogP contribution in [0.15, 0.2) is 24.3 Å². The zero-order valence-electron chi connectivity index (χ0n) is 13.2. The smallest absolute Gasteiger partial charge is 0.313 e. The summed E-state index contributed by atoms with van der Waals surface area (Å²) in [6, 6.07) is 5.45. The normalized spacial score (nSPS) is 10.3. The zero-order chi connectivity index (χ0) is 16.2. The van der Waals surface area contributed by atoms with Crippen LogP contribution in [0, 0.1) is 5.82 Å².